The van der Waals surface area contributed by atoms with Crippen molar-refractivity contribution >= 4 is 17.5 Å². The SMILES string of the molecule is Cc1cc(N)c(C(=O)Nc2nnn(C)n2)cn1. The van der Waals surface area contributed by atoms with E-state index in [4.69, 9.17) is 5.73 Å². The van der Waals surface area contributed by atoms with Crippen LogP contribution in [-0.2, 0) is 7.05 Å². The number of hydrogen-bond acceptors (Lipinski definition) is 6. The van der Waals surface area contributed by atoms with Crippen LogP contribution in [0.15, 0.2) is 12.3 Å². The summed E-state index contributed by atoms with van der Waals surface area (Å²) in [5, 5.41) is 13.5. The molecule has 0 aliphatic carbocycles. The average Bonchev–Trinajstić information content (AvgIpc) is 2.63. The number of aryl methyl sites for hydroxylation is 2. The van der Waals surface area contributed by atoms with Gasteiger partial charge in [-0.15, -0.1) is 5.10 Å². The van der Waals surface area contributed by atoms with Gasteiger partial charge in [-0.25, -0.2) is 0 Å². The lowest BCUT2D eigenvalue weighted by molar-refractivity contribution is 0.102. The third kappa shape index (κ3) is 2.36. The predicted octanol–water partition coefficient (Wildman–Crippen LogP) is -0.252. The minimum Gasteiger partial charge on any atom is -0.398 e. The number of rotatable bonds is 2. The minimum absolute atomic E-state index is 0.123. The molecule has 3 N–H and O–H groups in total. The Kier molecular flexibility index (Phi) is 2.69. The summed E-state index contributed by atoms with van der Waals surface area (Å²) in [6.07, 6.45) is 1.41. The highest BCUT2D eigenvalue weighted by molar-refractivity contribution is 6.06. The molecule has 0 bridgehead atoms. The molecule has 0 unspecified atom stereocenters. The smallest absolute Gasteiger partial charge is 0.270 e. The van der Waals surface area contributed by atoms with Crippen LogP contribution in [0.1, 0.15) is 16.1 Å². The largest absolute Gasteiger partial charge is 0.398 e. The van der Waals surface area contributed by atoms with E-state index < -0.39 is 5.91 Å². The van der Waals surface area contributed by atoms with Gasteiger partial charge in [0.05, 0.1) is 12.6 Å². The molecule has 0 aliphatic rings. The van der Waals surface area contributed by atoms with Crippen LogP contribution in [0.4, 0.5) is 11.6 Å². The molecule has 2 rings (SSSR count). The van der Waals surface area contributed by atoms with Crippen LogP contribution in [0.5, 0.6) is 0 Å². The summed E-state index contributed by atoms with van der Waals surface area (Å²) in [5.74, 6) is -0.291. The molecule has 0 aliphatic heterocycles. The van der Waals surface area contributed by atoms with E-state index in [2.05, 4.69) is 25.7 Å². The molecule has 88 valence electrons. The fraction of sp³-hybridized carbons (Fsp3) is 0.222. The molecule has 8 heteroatoms. The molecule has 17 heavy (non-hydrogen) atoms. The van der Waals surface area contributed by atoms with Gasteiger partial charge in [0.25, 0.3) is 11.9 Å². The number of nitrogen functional groups attached to an aromatic ring is 1. The molecule has 2 aromatic rings. The van der Waals surface area contributed by atoms with Gasteiger partial charge in [0.2, 0.25) is 0 Å². The number of amides is 1. The molecule has 2 aromatic heterocycles. The van der Waals surface area contributed by atoms with E-state index in [-0.39, 0.29) is 11.5 Å². The standard InChI is InChI=1S/C9H11N7O/c1-5-3-7(10)6(4-11-5)8(17)12-9-13-15-16(2)14-9/h3-4H,1-2H3,(H2,10,11)(H,12,14,17). The minimum atomic E-state index is -0.414. The van der Waals surface area contributed by atoms with Crippen molar-refractivity contribution in [1.82, 2.24) is 25.2 Å². The van der Waals surface area contributed by atoms with Gasteiger partial charge in [-0.05, 0) is 18.2 Å². The van der Waals surface area contributed by atoms with Crippen LogP contribution in [0, 0.1) is 6.92 Å². The van der Waals surface area contributed by atoms with E-state index in [1.54, 1.807) is 20.0 Å². The maximum Gasteiger partial charge on any atom is 0.270 e. The Morgan fingerprint density at radius 2 is 2.29 bits per heavy atom. The first-order valence-corrected chi connectivity index (χ1v) is 4.84. The second-order valence-corrected chi connectivity index (χ2v) is 3.47. The van der Waals surface area contributed by atoms with E-state index in [0.717, 1.165) is 5.69 Å². The molecule has 8 nitrogen and oxygen atoms in total. The number of anilines is 2. The first kappa shape index (κ1) is 11.0. The molecule has 0 saturated heterocycles. The topological polar surface area (TPSA) is 112 Å². The Labute approximate surface area is 96.8 Å². The van der Waals surface area contributed by atoms with Crippen LogP contribution in [-0.4, -0.2) is 31.1 Å². The molecule has 0 spiro atoms. The third-order valence-corrected chi connectivity index (χ3v) is 2.05. The van der Waals surface area contributed by atoms with E-state index in [1.807, 2.05) is 0 Å². The van der Waals surface area contributed by atoms with Crippen LogP contribution < -0.4 is 11.1 Å². The number of aromatic nitrogens is 5. The molecular weight excluding hydrogens is 222 g/mol. The van der Waals surface area contributed by atoms with Gasteiger partial charge in [0.15, 0.2) is 0 Å². The Morgan fingerprint density at radius 1 is 1.53 bits per heavy atom. The summed E-state index contributed by atoms with van der Waals surface area (Å²) >= 11 is 0. The van der Waals surface area contributed by atoms with E-state index >= 15 is 0 Å². The molecular formula is C9H11N7O. The second kappa shape index (κ2) is 4.16. The number of tetrazole rings is 1. The van der Waals surface area contributed by atoms with Crippen molar-refractivity contribution in [2.24, 2.45) is 7.05 Å². The van der Waals surface area contributed by atoms with Crippen LogP contribution >= 0.6 is 0 Å². The summed E-state index contributed by atoms with van der Waals surface area (Å²) in [6.45, 7) is 1.79. The van der Waals surface area contributed by atoms with E-state index in [0.29, 0.717) is 5.69 Å². The lowest BCUT2D eigenvalue weighted by Crippen LogP contribution is -2.15. The highest BCUT2D eigenvalue weighted by Crippen LogP contribution is 2.12. The molecule has 0 atom stereocenters. The average molecular weight is 233 g/mol. The van der Waals surface area contributed by atoms with Gasteiger partial charge < -0.3 is 5.73 Å². The van der Waals surface area contributed by atoms with Gasteiger partial charge in [-0.2, -0.15) is 4.80 Å². The normalized spacial score (nSPS) is 10.2. The first-order valence-electron chi connectivity index (χ1n) is 4.84. The first-order chi connectivity index (χ1) is 8.06. The van der Waals surface area contributed by atoms with Gasteiger partial charge in [-0.3, -0.25) is 15.1 Å². The highest BCUT2D eigenvalue weighted by Gasteiger charge is 2.12. The van der Waals surface area contributed by atoms with Crippen molar-refractivity contribution in [3.05, 3.63) is 23.5 Å². The zero-order valence-corrected chi connectivity index (χ0v) is 9.38. The summed E-state index contributed by atoms with van der Waals surface area (Å²) in [5.41, 5.74) is 7.11. The Hall–Kier alpha value is -2.51. The van der Waals surface area contributed by atoms with Gasteiger partial charge >= 0.3 is 0 Å². The zero-order valence-electron chi connectivity index (χ0n) is 9.38. The summed E-state index contributed by atoms with van der Waals surface area (Å²) in [4.78, 5) is 17.1. The maximum atomic E-state index is 11.8. The number of hydrogen-bond donors (Lipinski definition) is 2. The van der Waals surface area contributed by atoms with Crippen molar-refractivity contribution in [2.75, 3.05) is 11.1 Å². The van der Waals surface area contributed by atoms with Crippen molar-refractivity contribution in [2.45, 2.75) is 6.92 Å². The van der Waals surface area contributed by atoms with Crippen LogP contribution in [0.3, 0.4) is 0 Å². The molecule has 0 saturated carbocycles. The zero-order chi connectivity index (χ0) is 12.4. The maximum absolute atomic E-state index is 11.8. The Bertz CT molecular complexity index is 562. The number of carbonyl (C=O) groups is 1. The Balaban J connectivity index is 2.20. The Morgan fingerprint density at radius 3 is 2.88 bits per heavy atom. The molecule has 1 amide bonds. The fourth-order valence-electron chi connectivity index (χ4n) is 1.27. The second-order valence-electron chi connectivity index (χ2n) is 3.47. The predicted molar refractivity (Wildman–Crippen MR) is 60.1 cm³/mol. The number of nitrogens with one attached hydrogen (secondary N) is 1. The van der Waals surface area contributed by atoms with E-state index in [9.17, 15) is 4.79 Å². The molecule has 0 aromatic carbocycles. The molecule has 0 fully saturated rings. The third-order valence-electron chi connectivity index (χ3n) is 2.05. The lowest BCUT2D eigenvalue weighted by atomic mass is 10.2. The number of pyridine rings is 1. The van der Waals surface area contributed by atoms with Crippen molar-refractivity contribution < 1.29 is 4.79 Å². The van der Waals surface area contributed by atoms with Crippen LogP contribution in [0.2, 0.25) is 0 Å². The number of nitrogens with zero attached hydrogens (tertiary/aromatic N) is 5. The van der Waals surface area contributed by atoms with Crippen molar-refractivity contribution in [3.63, 3.8) is 0 Å². The number of nitrogens with two attached hydrogens (primary N) is 1. The van der Waals surface area contributed by atoms with Gasteiger partial charge in [0, 0.05) is 17.6 Å². The van der Waals surface area contributed by atoms with E-state index in [1.165, 1.54) is 11.0 Å². The lowest BCUT2D eigenvalue weighted by Gasteiger charge is -2.04. The molecule has 2 heterocycles. The fourth-order valence-corrected chi connectivity index (χ4v) is 1.27. The monoisotopic (exact) mass is 233 g/mol. The van der Waals surface area contributed by atoms with Crippen LogP contribution in [0.25, 0.3) is 0 Å². The number of carbonyl (C=O) groups excluding carboxylic acids is 1. The summed E-state index contributed by atoms with van der Waals surface area (Å²) in [7, 11) is 1.60. The summed E-state index contributed by atoms with van der Waals surface area (Å²) < 4.78 is 0. The molecule has 0 radical (unpaired) electrons. The highest BCUT2D eigenvalue weighted by atomic mass is 16.1. The van der Waals surface area contributed by atoms with Crippen molar-refractivity contribution in [3.8, 4) is 0 Å². The van der Waals surface area contributed by atoms with Gasteiger partial charge in [-0.1, -0.05) is 5.10 Å². The van der Waals surface area contributed by atoms with Gasteiger partial charge in [0.1, 0.15) is 0 Å². The summed E-state index contributed by atoms with van der Waals surface area (Å²) in [6, 6.07) is 1.62. The quantitative estimate of drug-likeness (QED) is 0.739. The van der Waals surface area contributed by atoms with Crippen molar-refractivity contribution in [1.29, 1.82) is 0 Å².